The Labute approximate surface area is 125 Å². The van der Waals surface area contributed by atoms with E-state index in [1.807, 2.05) is 0 Å². The molecule has 0 fully saturated rings. The average Bonchev–Trinajstić information content (AvgIpc) is 2.86. The molecule has 1 aromatic heterocycles. The number of rotatable bonds is 5. The van der Waals surface area contributed by atoms with Crippen LogP contribution in [0, 0.1) is 5.82 Å². The molecule has 0 radical (unpaired) electrons. The van der Waals surface area contributed by atoms with Gasteiger partial charge in [0, 0.05) is 11.6 Å². The maximum absolute atomic E-state index is 13.3. The van der Waals surface area contributed by atoms with Crippen LogP contribution in [0.3, 0.4) is 0 Å². The van der Waals surface area contributed by atoms with E-state index in [2.05, 4.69) is 9.71 Å². The van der Waals surface area contributed by atoms with Crippen LogP contribution < -0.4 is 4.72 Å². The third-order valence-corrected chi connectivity index (χ3v) is 5.21. The normalized spacial score (nSPS) is 13.3. The Morgan fingerprint density at radius 2 is 2.25 bits per heavy atom. The summed E-state index contributed by atoms with van der Waals surface area (Å²) in [5, 5.41) is 2.42. The minimum absolute atomic E-state index is 0.0322. The summed E-state index contributed by atoms with van der Waals surface area (Å²) in [6, 6.07) is 3.53. The fourth-order valence-electron chi connectivity index (χ4n) is 1.66. The van der Waals surface area contributed by atoms with E-state index in [4.69, 9.17) is 11.6 Å². The zero-order chi connectivity index (χ0) is 14.8. The van der Waals surface area contributed by atoms with Crippen LogP contribution in [0.5, 0.6) is 0 Å². The summed E-state index contributed by atoms with van der Waals surface area (Å²) in [7, 11) is -3.58. The third kappa shape index (κ3) is 3.99. The lowest BCUT2D eigenvalue weighted by Crippen LogP contribution is -2.28. The summed E-state index contributed by atoms with van der Waals surface area (Å²) in [6.07, 6.45) is 1.61. The van der Waals surface area contributed by atoms with Gasteiger partial charge in [0.2, 0.25) is 10.0 Å². The molecule has 2 aromatic rings. The molecule has 0 spiro atoms. The number of thiazole rings is 1. The molecular weight excluding hydrogens is 323 g/mol. The second-order valence-corrected chi connectivity index (χ2v) is 7.30. The molecule has 0 aliphatic carbocycles. The molecule has 8 heteroatoms. The summed E-state index contributed by atoms with van der Waals surface area (Å²) >= 11 is 6.92. The van der Waals surface area contributed by atoms with Crippen molar-refractivity contribution in [3.8, 4) is 0 Å². The zero-order valence-corrected chi connectivity index (χ0v) is 12.9. The standard InChI is InChI=1S/C12H12ClFN2O2S2/c1-8(12-15-4-5-19-12)16-20(17,18)7-9-2-3-10(13)11(14)6-9/h2-6,8,16H,7H2,1H3. The van der Waals surface area contributed by atoms with E-state index in [-0.39, 0.29) is 10.8 Å². The Hall–Kier alpha value is -1.02. The molecule has 4 nitrogen and oxygen atoms in total. The van der Waals surface area contributed by atoms with Gasteiger partial charge in [-0.15, -0.1) is 11.3 Å². The first-order chi connectivity index (χ1) is 9.37. The lowest BCUT2D eigenvalue weighted by atomic mass is 10.2. The van der Waals surface area contributed by atoms with Gasteiger partial charge in [0.1, 0.15) is 10.8 Å². The van der Waals surface area contributed by atoms with Crippen molar-refractivity contribution in [2.45, 2.75) is 18.7 Å². The number of nitrogens with one attached hydrogen (secondary N) is 1. The minimum Gasteiger partial charge on any atom is -0.248 e. The number of halogens is 2. The van der Waals surface area contributed by atoms with E-state index >= 15 is 0 Å². The highest BCUT2D eigenvalue weighted by molar-refractivity contribution is 7.88. The van der Waals surface area contributed by atoms with E-state index in [9.17, 15) is 12.8 Å². The Kier molecular flexibility index (Phi) is 4.74. The molecule has 1 heterocycles. The Bertz CT molecular complexity index is 689. The molecule has 1 atom stereocenters. The molecule has 0 amide bonds. The molecule has 0 bridgehead atoms. The highest BCUT2D eigenvalue weighted by atomic mass is 35.5. The first kappa shape index (κ1) is 15.4. The molecule has 0 aliphatic heterocycles. The maximum Gasteiger partial charge on any atom is 0.216 e. The molecule has 1 N–H and O–H groups in total. The predicted molar refractivity (Wildman–Crippen MR) is 77.7 cm³/mol. The van der Waals surface area contributed by atoms with Crippen molar-refractivity contribution < 1.29 is 12.8 Å². The molecule has 0 saturated heterocycles. The molecule has 1 aromatic carbocycles. The summed E-state index contributed by atoms with van der Waals surface area (Å²) in [6.45, 7) is 1.71. The van der Waals surface area contributed by atoms with Crippen LogP contribution in [-0.4, -0.2) is 13.4 Å². The van der Waals surface area contributed by atoms with Crippen LogP contribution in [0.25, 0.3) is 0 Å². The monoisotopic (exact) mass is 334 g/mol. The first-order valence-electron chi connectivity index (χ1n) is 5.71. The van der Waals surface area contributed by atoms with E-state index in [1.54, 1.807) is 18.5 Å². The van der Waals surface area contributed by atoms with Crippen molar-refractivity contribution in [1.82, 2.24) is 9.71 Å². The molecule has 0 aliphatic rings. The van der Waals surface area contributed by atoms with Crippen LogP contribution in [0.2, 0.25) is 5.02 Å². The second-order valence-electron chi connectivity index (χ2n) is 4.22. The van der Waals surface area contributed by atoms with Crippen molar-refractivity contribution >= 4 is 33.0 Å². The highest BCUT2D eigenvalue weighted by Gasteiger charge is 2.18. The molecule has 1 unspecified atom stereocenters. The molecule has 108 valence electrons. The minimum atomic E-state index is -3.58. The van der Waals surface area contributed by atoms with Gasteiger partial charge >= 0.3 is 0 Å². The lowest BCUT2D eigenvalue weighted by Gasteiger charge is -2.12. The zero-order valence-electron chi connectivity index (χ0n) is 10.5. The third-order valence-electron chi connectivity index (χ3n) is 2.52. The maximum atomic E-state index is 13.3. The van der Waals surface area contributed by atoms with Crippen molar-refractivity contribution in [1.29, 1.82) is 0 Å². The van der Waals surface area contributed by atoms with Gasteiger partial charge in [-0.05, 0) is 24.6 Å². The quantitative estimate of drug-likeness (QED) is 0.914. The van der Waals surface area contributed by atoms with Gasteiger partial charge < -0.3 is 0 Å². The van der Waals surface area contributed by atoms with Crippen molar-refractivity contribution in [2.75, 3.05) is 0 Å². The Balaban J connectivity index is 2.09. The van der Waals surface area contributed by atoms with Crippen LogP contribution in [0.4, 0.5) is 4.39 Å². The molecule has 0 saturated carbocycles. The number of hydrogen-bond acceptors (Lipinski definition) is 4. The van der Waals surface area contributed by atoms with Gasteiger partial charge in [0.15, 0.2) is 0 Å². The van der Waals surface area contributed by atoms with Crippen LogP contribution in [0.1, 0.15) is 23.5 Å². The smallest absolute Gasteiger partial charge is 0.216 e. The van der Waals surface area contributed by atoms with Crippen molar-refractivity contribution in [3.63, 3.8) is 0 Å². The number of nitrogens with zero attached hydrogens (tertiary/aromatic N) is 1. The van der Waals surface area contributed by atoms with Crippen molar-refractivity contribution in [3.05, 3.63) is 51.2 Å². The van der Waals surface area contributed by atoms with Crippen LogP contribution >= 0.6 is 22.9 Å². The summed E-state index contributed by atoms with van der Waals surface area (Å²) in [5.74, 6) is -0.941. The van der Waals surface area contributed by atoms with E-state index in [0.717, 1.165) is 6.07 Å². The first-order valence-corrected chi connectivity index (χ1v) is 8.62. The van der Waals surface area contributed by atoms with Crippen LogP contribution in [0.15, 0.2) is 29.8 Å². The van der Waals surface area contributed by atoms with E-state index < -0.39 is 21.9 Å². The Morgan fingerprint density at radius 1 is 1.50 bits per heavy atom. The van der Waals surface area contributed by atoms with Crippen LogP contribution in [-0.2, 0) is 15.8 Å². The number of sulfonamides is 1. The number of aromatic nitrogens is 1. The SMILES string of the molecule is CC(NS(=O)(=O)Cc1ccc(Cl)c(F)c1)c1nccs1. The lowest BCUT2D eigenvalue weighted by molar-refractivity contribution is 0.565. The molecule has 20 heavy (non-hydrogen) atoms. The second kappa shape index (κ2) is 6.17. The van der Waals surface area contributed by atoms with Crippen molar-refractivity contribution in [2.24, 2.45) is 0 Å². The largest absolute Gasteiger partial charge is 0.248 e. The average molecular weight is 335 g/mol. The van der Waals surface area contributed by atoms with Gasteiger partial charge in [-0.25, -0.2) is 22.5 Å². The fourth-order valence-corrected chi connectivity index (χ4v) is 3.85. The van der Waals surface area contributed by atoms with Gasteiger partial charge in [0.05, 0.1) is 16.8 Å². The fraction of sp³-hybridized carbons (Fsp3) is 0.250. The topological polar surface area (TPSA) is 59.1 Å². The predicted octanol–water partition coefficient (Wildman–Crippen LogP) is 3.12. The number of hydrogen-bond donors (Lipinski definition) is 1. The van der Waals surface area contributed by atoms with Gasteiger partial charge in [-0.2, -0.15) is 0 Å². The van der Waals surface area contributed by atoms with Gasteiger partial charge in [-0.1, -0.05) is 17.7 Å². The van der Waals surface area contributed by atoms with E-state index in [0.29, 0.717) is 10.6 Å². The van der Waals surface area contributed by atoms with Gasteiger partial charge in [0.25, 0.3) is 0 Å². The Morgan fingerprint density at radius 3 is 2.85 bits per heavy atom. The molecule has 2 rings (SSSR count). The summed E-state index contributed by atoms with van der Waals surface area (Å²) < 4.78 is 39.8. The van der Waals surface area contributed by atoms with E-state index in [1.165, 1.54) is 23.5 Å². The summed E-state index contributed by atoms with van der Waals surface area (Å²) in [5.41, 5.74) is 0.339. The highest BCUT2D eigenvalue weighted by Crippen LogP contribution is 2.19. The number of benzene rings is 1. The molecular formula is C12H12ClFN2O2S2. The summed E-state index contributed by atoms with van der Waals surface area (Å²) in [4.78, 5) is 4.05. The van der Waals surface area contributed by atoms with Gasteiger partial charge in [-0.3, -0.25) is 0 Å².